The number of sulfonamides is 1. The Morgan fingerprint density at radius 1 is 0.957 bits per heavy atom. The predicted molar refractivity (Wildman–Crippen MR) is 93.0 cm³/mol. The molecular weight excluding hydrogens is 310 g/mol. The van der Waals surface area contributed by atoms with Gasteiger partial charge in [-0.1, -0.05) is 48.5 Å². The smallest absolute Gasteiger partial charge is 0.215 e. The first kappa shape index (κ1) is 17.5. The summed E-state index contributed by atoms with van der Waals surface area (Å²) in [5, 5.41) is 0. The van der Waals surface area contributed by atoms with E-state index in [0.717, 1.165) is 36.1 Å². The lowest BCUT2D eigenvalue weighted by atomic mass is 10.1. The van der Waals surface area contributed by atoms with E-state index in [2.05, 4.69) is 4.72 Å². The van der Waals surface area contributed by atoms with Crippen molar-refractivity contribution in [2.75, 3.05) is 13.7 Å². The molecule has 0 amide bonds. The van der Waals surface area contributed by atoms with Crippen LogP contribution in [0, 0.1) is 0 Å². The van der Waals surface area contributed by atoms with Crippen LogP contribution in [0.1, 0.15) is 24.0 Å². The number of aryl methyl sites for hydroxylation is 1. The highest BCUT2D eigenvalue weighted by atomic mass is 32.2. The van der Waals surface area contributed by atoms with E-state index in [1.54, 1.807) is 7.11 Å². The van der Waals surface area contributed by atoms with Crippen LogP contribution < -0.4 is 9.46 Å². The fourth-order valence-electron chi connectivity index (χ4n) is 2.42. The van der Waals surface area contributed by atoms with Gasteiger partial charge in [-0.2, -0.15) is 0 Å². The Morgan fingerprint density at radius 2 is 1.65 bits per heavy atom. The lowest BCUT2D eigenvalue weighted by molar-refractivity contribution is 0.409. The number of methoxy groups -OCH3 is 1. The summed E-state index contributed by atoms with van der Waals surface area (Å²) in [4.78, 5) is 0. The second-order valence-corrected chi connectivity index (χ2v) is 7.21. The van der Waals surface area contributed by atoms with Crippen molar-refractivity contribution in [3.63, 3.8) is 0 Å². The normalized spacial score (nSPS) is 11.3. The van der Waals surface area contributed by atoms with Crippen LogP contribution in [-0.2, 0) is 22.2 Å². The highest BCUT2D eigenvalue weighted by molar-refractivity contribution is 7.88. The van der Waals surface area contributed by atoms with Crippen molar-refractivity contribution in [1.82, 2.24) is 4.72 Å². The van der Waals surface area contributed by atoms with Crippen LogP contribution in [0.25, 0.3) is 0 Å². The maximum atomic E-state index is 12.0. The zero-order valence-electron chi connectivity index (χ0n) is 13.4. The third kappa shape index (κ3) is 6.04. The molecule has 0 saturated heterocycles. The summed E-state index contributed by atoms with van der Waals surface area (Å²) in [5.41, 5.74) is 1.95. The minimum absolute atomic E-state index is 0.0281. The van der Waals surface area contributed by atoms with Crippen molar-refractivity contribution in [2.24, 2.45) is 0 Å². The number of nitrogens with one attached hydrogen (secondary N) is 1. The van der Waals surface area contributed by atoms with E-state index in [4.69, 9.17) is 4.74 Å². The van der Waals surface area contributed by atoms with Crippen LogP contribution in [0.4, 0.5) is 0 Å². The van der Waals surface area contributed by atoms with Gasteiger partial charge in [0.05, 0.1) is 12.9 Å². The van der Waals surface area contributed by atoms with Crippen molar-refractivity contribution in [3.05, 3.63) is 65.7 Å². The third-order valence-corrected chi connectivity index (χ3v) is 4.94. The second kappa shape index (κ2) is 8.70. The Kier molecular flexibility index (Phi) is 6.62. The molecule has 0 fully saturated rings. The summed E-state index contributed by atoms with van der Waals surface area (Å²) < 4.78 is 32.0. The van der Waals surface area contributed by atoms with Gasteiger partial charge in [0.15, 0.2) is 0 Å². The molecule has 0 spiro atoms. The Morgan fingerprint density at radius 3 is 2.39 bits per heavy atom. The molecule has 1 N–H and O–H groups in total. The van der Waals surface area contributed by atoms with Crippen molar-refractivity contribution >= 4 is 10.0 Å². The molecule has 0 aliphatic rings. The molecule has 4 nitrogen and oxygen atoms in total. The summed E-state index contributed by atoms with van der Waals surface area (Å²) in [6.07, 6.45) is 2.59. The van der Waals surface area contributed by atoms with Crippen LogP contribution in [0.5, 0.6) is 5.75 Å². The van der Waals surface area contributed by atoms with Gasteiger partial charge in [0.1, 0.15) is 5.75 Å². The van der Waals surface area contributed by atoms with E-state index in [1.807, 2.05) is 54.6 Å². The third-order valence-electron chi connectivity index (χ3n) is 3.59. The van der Waals surface area contributed by atoms with Crippen molar-refractivity contribution in [1.29, 1.82) is 0 Å². The fraction of sp³-hybridized carbons (Fsp3) is 0.333. The second-order valence-electron chi connectivity index (χ2n) is 5.41. The molecule has 0 bridgehead atoms. The maximum Gasteiger partial charge on any atom is 0.215 e. The molecule has 5 heteroatoms. The molecule has 2 aromatic rings. The zero-order chi connectivity index (χ0) is 16.5. The SMILES string of the molecule is COc1ccccc1CCCCNS(=O)(=O)Cc1ccccc1. The number of ether oxygens (including phenoxy) is 1. The molecule has 2 rings (SSSR count). The molecule has 0 aliphatic carbocycles. The van der Waals surface area contributed by atoms with Gasteiger partial charge in [-0.25, -0.2) is 13.1 Å². The lowest BCUT2D eigenvalue weighted by Gasteiger charge is -2.09. The minimum atomic E-state index is -3.27. The van der Waals surface area contributed by atoms with Gasteiger partial charge in [-0.15, -0.1) is 0 Å². The van der Waals surface area contributed by atoms with Crippen molar-refractivity contribution in [2.45, 2.75) is 25.0 Å². The van der Waals surface area contributed by atoms with Gasteiger partial charge >= 0.3 is 0 Å². The Hall–Kier alpha value is -1.85. The number of unbranched alkanes of at least 4 members (excludes halogenated alkanes) is 1. The van der Waals surface area contributed by atoms with Crippen molar-refractivity contribution in [3.8, 4) is 5.75 Å². The van der Waals surface area contributed by atoms with Gasteiger partial charge < -0.3 is 4.74 Å². The van der Waals surface area contributed by atoms with Crippen LogP contribution >= 0.6 is 0 Å². The van der Waals surface area contributed by atoms with Gasteiger partial charge in [0.2, 0.25) is 10.0 Å². The summed E-state index contributed by atoms with van der Waals surface area (Å²) in [6.45, 7) is 0.463. The number of hydrogen-bond acceptors (Lipinski definition) is 3. The predicted octanol–water partition coefficient (Wildman–Crippen LogP) is 3.14. The largest absolute Gasteiger partial charge is 0.496 e. The zero-order valence-corrected chi connectivity index (χ0v) is 14.2. The molecule has 0 radical (unpaired) electrons. The molecule has 124 valence electrons. The molecule has 0 unspecified atom stereocenters. The monoisotopic (exact) mass is 333 g/mol. The first-order valence-corrected chi connectivity index (χ1v) is 9.39. The van der Waals surface area contributed by atoms with Gasteiger partial charge in [-0.05, 0) is 36.5 Å². The maximum absolute atomic E-state index is 12.0. The molecule has 0 aliphatic heterocycles. The number of benzene rings is 2. The number of hydrogen-bond donors (Lipinski definition) is 1. The standard InChI is InChI=1S/C18H23NO3S/c1-22-18-13-6-5-11-17(18)12-7-8-14-19-23(20,21)15-16-9-3-2-4-10-16/h2-6,9-11,13,19H,7-8,12,14-15H2,1H3. The summed E-state index contributed by atoms with van der Waals surface area (Å²) in [7, 11) is -1.60. The highest BCUT2D eigenvalue weighted by Crippen LogP contribution is 2.19. The van der Waals surface area contributed by atoms with Crippen LogP contribution in [-0.4, -0.2) is 22.1 Å². The van der Waals surface area contributed by atoms with Crippen LogP contribution in [0.3, 0.4) is 0 Å². The Bertz CT molecular complexity index is 699. The lowest BCUT2D eigenvalue weighted by Crippen LogP contribution is -2.26. The number of para-hydroxylation sites is 1. The van der Waals surface area contributed by atoms with E-state index in [9.17, 15) is 8.42 Å². The Balaban J connectivity index is 1.72. The van der Waals surface area contributed by atoms with E-state index < -0.39 is 10.0 Å². The highest BCUT2D eigenvalue weighted by Gasteiger charge is 2.10. The molecule has 2 aromatic carbocycles. The molecule has 0 heterocycles. The van der Waals surface area contributed by atoms with Gasteiger partial charge in [-0.3, -0.25) is 0 Å². The fourth-order valence-corrected chi connectivity index (χ4v) is 3.61. The first-order chi connectivity index (χ1) is 11.1. The molecule has 0 atom stereocenters. The average Bonchev–Trinajstić information content (AvgIpc) is 2.55. The topological polar surface area (TPSA) is 55.4 Å². The van der Waals surface area contributed by atoms with E-state index in [-0.39, 0.29) is 5.75 Å². The van der Waals surface area contributed by atoms with E-state index in [1.165, 1.54) is 0 Å². The Labute approximate surface area is 138 Å². The van der Waals surface area contributed by atoms with Crippen molar-refractivity contribution < 1.29 is 13.2 Å². The summed E-state index contributed by atoms with van der Waals surface area (Å²) in [5.74, 6) is 0.914. The molecule has 23 heavy (non-hydrogen) atoms. The van der Waals surface area contributed by atoms with E-state index in [0.29, 0.717) is 6.54 Å². The van der Waals surface area contributed by atoms with Gasteiger partial charge in [0, 0.05) is 6.54 Å². The number of rotatable bonds is 9. The van der Waals surface area contributed by atoms with Crippen LogP contribution in [0.15, 0.2) is 54.6 Å². The molecule has 0 aromatic heterocycles. The quantitative estimate of drug-likeness (QED) is 0.717. The first-order valence-electron chi connectivity index (χ1n) is 7.74. The molecule has 0 saturated carbocycles. The van der Waals surface area contributed by atoms with E-state index >= 15 is 0 Å². The van der Waals surface area contributed by atoms with Gasteiger partial charge in [0.25, 0.3) is 0 Å². The molecular formula is C18H23NO3S. The summed E-state index contributed by atoms with van der Waals surface area (Å²) >= 11 is 0. The summed E-state index contributed by atoms with van der Waals surface area (Å²) in [6, 6.07) is 17.1. The van der Waals surface area contributed by atoms with Crippen LogP contribution in [0.2, 0.25) is 0 Å². The minimum Gasteiger partial charge on any atom is -0.496 e. The average molecular weight is 333 g/mol.